The molecule has 0 atom stereocenters. The molecule has 0 spiro atoms. The van der Waals surface area contributed by atoms with Crippen molar-refractivity contribution in [3.05, 3.63) is 37.2 Å². The monoisotopic (exact) mass is 212 g/mol. The zero-order chi connectivity index (χ0) is 11.0. The van der Waals surface area contributed by atoms with Gasteiger partial charge in [-0.25, -0.2) is 19.5 Å². The Labute approximate surface area is 90.8 Å². The van der Waals surface area contributed by atoms with E-state index in [9.17, 15) is 0 Å². The molecule has 2 N–H and O–H groups in total. The minimum absolute atomic E-state index is 0.598. The summed E-state index contributed by atoms with van der Waals surface area (Å²) in [5.41, 5.74) is 8.77. The lowest BCUT2D eigenvalue weighted by Gasteiger charge is -1.94. The lowest BCUT2D eigenvalue weighted by Crippen LogP contribution is -1.89. The van der Waals surface area contributed by atoms with Crippen LogP contribution in [0, 0.1) is 0 Å². The van der Waals surface area contributed by atoms with Gasteiger partial charge in [0.25, 0.3) is 0 Å². The van der Waals surface area contributed by atoms with E-state index in [4.69, 9.17) is 5.73 Å². The molecule has 0 aliphatic carbocycles. The SMILES string of the molecule is Nc1c(-c2ccncn2)nn2cnccc12. The fourth-order valence-electron chi connectivity index (χ4n) is 1.55. The van der Waals surface area contributed by atoms with Crippen LogP contribution in [0.5, 0.6) is 0 Å². The Balaban J connectivity index is 2.29. The Morgan fingerprint density at radius 1 is 1.12 bits per heavy atom. The van der Waals surface area contributed by atoms with Crippen molar-refractivity contribution < 1.29 is 0 Å². The summed E-state index contributed by atoms with van der Waals surface area (Å²) in [6.07, 6.45) is 6.41. The number of hydrogen-bond acceptors (Lipinski definition) is 5. The third-order valence-electron chi connectivity index (χ3n) is 2.30. The minimum Gasteiger partial charge on any atom is -0.395 e. The van der Waals surface area contributed by atoms with E-state index in [1.807, 2.05) is 6.07 Å². The van der Waals surface area contributed by atoms with Crippen molar-refractivity contribution in [2.75, 3.05) is 5.73 Å². The smallest absolute Gasteiger partial charge is 0.135 e. The van der Waals surface area contributed by atoms with E-state index in [0.29, 0.717) is 17.1 Å². The maximum atomic E-state index is 6.00. The van der Waals surface area contributed by atoms with E-state index in [-0.39, 0.29) is 0 Å². The fourth-order valence-corrected chi connectivity index (χ4v) is 1.55. The normalized spacial score (nSPS) is 10.8. The van der Waals surface area contributed by atoms with Gasteiger partial charge in [0.05, 0.1) is 16.9 Å². The summed E-state index contributed by atoms with van der Waals surface area (Å²) >= 11 is 0. The molecule has 3 aromatic heterocycles. The largest absolute Gasteiger partial charge is 0.395 e. The highest BCUT2D eigenvalue weighted by molar-refractivity contribution is 5.83. The van der Waals surface area contributed by atoms with Crippen molar-refractivity contribution in [1.29, 1.82) is 0 Å². The quantitative estimate of drug-likeness (QED) is 0.644. The molecule has 0 aliphatic heterocycles. The van der Waals surface area contributed by atoms with Gasteiger partial charge in [-0.3, -0.25) is 0 Å². The summed E-state index contributed by atoms with van der Waals surface area (Å²) in [5, 5.41) is 4.32. The first-order chi connectivity index (χ1) is 7.86. The molecule has 3 aromatic rings. The molecule has 0 aliphatic rings. The van der Waals surface area contributed by atoms with Crippen LogP contribution in [-0.4, -0.2) is 24.6 Å². The first-order valence-electron chi connectivity index (χ1n) is 4.70. The highest BCUT2D eigenvalue weighted by Crippen LogP contribution is 2.25. The van der Waals surface area contributed by atoms with Gasteiger partial charge >= 0.3 is 0 Å². The molecule has 0 saturated carbocycles. The van der Waals surface area contributed by atoms with Gasteiger partial charge in [-0.1, -0.05) is 0 Å². The van der Waals surface area contributed by atoms with Crippen molar-refractivity contribution >= 4 is 11.2 Å². The van der Waals surface area contributed by atoms with E-state index in [1.165, 1.54) is 6.33 Å². The molecule has 78 valence electrons. The molecule has 6 nitrogen and oxygen atoms in total. The number of nitrogen functional groups attached to an aromatic ring is 1. The van der Waals surface area contributed by atoms with Crippen LogP contribution < -0.4 is 5.73 Å². The molecule has 0 saturated heterocycles. The second-order valence-electron chi connectivity index (χ2n) is 3.27. The molecule has 3 heterocycles. The van der Waals surface area contributed by atoms with E-state index in [1.54, 1.807) is 29.3 Å². The first kappa shape index (κ1) is 8.78. The van der Waals surface area contributed by atoms with Gasteiger partial charge in [0.15, 0.2) is 0 Å². The van der Waals surface area contributed by atoms with Crippen molar-refractivity contribution in [2.45, 2.75) is 0 Å². The van der Waals surface area contributed by atoms with Gasteiger partial charge in [-0.15, -0.1) is 0 Å². The Bertz CT molecular complexity index is 630. The van der Waals surface area contributed by atoms with E-state index < -0.39 is 0 Å². The third kappa shape index (κ3) is 1.20. The number of aromatic nitrogens is 5. The summed E-state index contributed by atoms with van der Waals surface area (Å²) in [7, 11) is 0. The van der Waals surface area contributed by atoms with Crippen molar-refractivity contribution in [1.82, 2.24) is 24.6 Å². The number of hydrogen-bond donors (Lipinski definition) is 1. The second-order valence-corrected chi connectivity index (χ2v) is 3.27. The van der Waals surface area contributed by atoms with Gasteiger partial charge in [-0.05, 0) is 12.1 Å². The van der Waals surface area contributed by atoms with Crippen LogP contribution in [0.3, 0.4) is 0 Å². The summed E-state index contributed by atoms with van der Waals surface area (Å²) in [6, 6.07) is 3.58. The number of nitrogens with two attached hydrogens (primary N) is 1. The minimum atomic E-state index is 0.598. The van der Waals surface area contributed by atoms with E-state index in [2.05, 4.69) is 20.1 Å². The molecule has 16 heavy (non-hydrogen) atoms. The Morgan fingerprint density at radius 2 is 2.00 bits per heavy atom. The van der Waals surface area contributed by atoms with E-state index in [0.717, 1.165) is 5.52 Å². The highest BCUT2D eigenvalue weighted by atomic mass is 15.3. The molecule has 0 amide bonds. The Morgan fingerprint density at radius 3 is 2.75 bits per heavy atom. The molecular formula is C10H8N6. The van der Waals surface area contributed by atoms with Crippen LogP contribution in [0.1, 0.15) is 0 Å². The number of nitrogens with zero attached hydrogens (tertiary/aromatic N) is 5. The van der Waals surface area contributed by atoms with Gasteiger partial charge in [-0.2, -0.15) is 5.10 Å². The van der Waals surface area contributed by atoms with Gasteiger partial charge in [0.1, 0.15) is 18.3 Å². The number of anilines is 1. The number of fused-ring (bicyclic) bond motifs is 1. The zero-order valence-corrected chi connectivity index (χ0v) is 8.28. The fraction of sp³-hybridized carbons (Fsp3) is 0. The molecular weight excluding hydrogens is 204 g/mol. The van der Waals surface area contributed by atoms with Crippen LogP contribution in [0.2, 0.25) is 0 Å². The molecule has 3 rings (SSSR count). The summed E-state index contributed by atoms with van der Waals surface area (Å²) in [4.78, 5) is 11.9. The molecule has 0 aromatic carbocycles. The Hall–Kier alpha value is -2.50. The summed E-state index contributed by atoms with van der Waals surface area (Å²) in [5.74, 6) is 0. The highest BCUT2D eigenvalue weighted by Gasteiger charge is 2.11. The van der Waals surface area contributed by atoms with Crippen LogP contribution in [0.15, 0.2) is 37.2 Å². The second kappa shape index (κ2) is 3.27. The average molecular weight is 212 g/mol. The zero-order valence-electron chi connectivity index (χ0n) is 8.28. The predicted molar refractivity (Wildman–Crippen MR) is 58.4 cm³/mol. The molecule has 0 bridgehead atoms. The van der Waals surface area contributed by atoms with Crippen LogP contribution in [-0.2, 0) is 0 Å². The van der Waals surface area contributed by atoms with Crippen molar-refractivity contribution in [3.63, 3.8) is 0 Å². The van der Waals surface area contributed by atoms with Gasteiger partial charge in [0, 0.05) is 12.4 Å². The standard InChI is InChI=1S/C10H8N6/c11-9-8-2-4-13-6-16(8)15-10(9)7-1-3-12-5-14-7/h1-6H,11H2. The lowest BCUT2D eigenvalue weighted by atomic mass is 10.2. The van der Waals surface area contributed by atoms with Gasteiger partial charge in [0.2, 0.25) is 0 Å². The van der Waals surface area contributed by atoms with Crippen LogP contribution in [0.25, 0.3) is 16.9 Å². The first-order valence-corrected chi connectivity index (χ1v) is 4.70. The van der Waals surface area contributed by atoms with Crippen molar-refractivity contribution in [3.8, 4) is 11.4 Å². The topological polar surface area (TPSA) is 82.0 Å². The van der Waals surface area contributed by atoms with E-state index >= 15 is 0 Å². The lowest BCUT2D eigenvalue weighted by molar-refractivity contribution is 0.922. The summed E-state index contributed by atoms with van der Waals surface area (Å²) in [6.45, 7) is 0. The summed E-state index contributed by atoms with van der Waals surface area (Å²) < 4.78 is 1.63. The molecule has 0 radical (unpaired) electrons. The number of rotatable bonds is 1. The predicted octanol–water partition coefficient (Wildman–Crippen LogP) is 0.768. The maximum Gasteiger partial charge on any atom is 0.135 e. The molecule has 0 fully saturated rings. The molecule has 6 heteroatoms. The third-order valence-corrected chi connectivity index (χ3v) is 2.30. The molecule has 0 unspecified atom stereocenters. The Kier molecular flexibility index (Phi) is 1.79. The maximum absolute atomic E-state index is 6.00. The van der Waals surface area contributed by atoms with Crippen LogP contribution in [0.4, 0.5) is 5.69 Å². The van der Waals surface area contributed by atoms with Gasteiger partial charge < -0.3 is 5.73 Å². The van der Waals surface area contributed by atoms with Crippen LogP contribution >= 0.6 is 0 Å². The average Bonchev–Trinajstić information content (AvgIpc) is 2.69. The van der Waals surface area contributed by atoms with Crippen molar-refractivity contribution in [2.24, 2.45) is 0 Å².